The molecule has 0 saturated heterocycles. The molecule has 23 heavy (non-hydrogen) atoms. The summed E-state index contributed by atoms with van der Waals surface area (Å²) in [6.07, 6.45) is 2.26. The molecule has 0 amide bonds. The molecular formula is C22H28S. The molecule has 0 saturated carbocycles. The Morgan fingerprint density at radius 1 is 0.652 bits per heavy atom. The Morgan fingerprint density at radius 2 is 1.04 bits per heavy atom. The van der Waals surface area contributed by atoms with Gasteiger partial charge in [-0.05, 0) is 34.8 Å². The normalized spacial score (nSPS) is 13.1. The van der Waals surface area contributed by atoms with Gasteiger partial charge in [0.25, 0.3) is 0 Å². The zero-order valence-corrected chi connectivity index (χ0v) is 16.1. The third-order valence-electron chi connectivity index (χ3n) is 4.13. The highest BCUT2D eigenvalue weighted by molar-refractivity contribution is 7.26. The molecule has 1 aromatic heterocycles. The van der Waals surface area contributed by atoms with E-state index in [1.54, 1.807) is 0 Å². The van der Waals surface area contributed by atoms with E-state index in [4.69, 9.17) is 0 Å². The highest BCUT2D eigenvalue weighted by Crippen LogP contribution is 2.40. The number of fused-ring (bicyclic) bond motifs is 3. The zero-order valence-electron chi connectivity index (χ0n) is 15.3. The fourth-order valence-corrected chi connectivity index (χ4v) is 4.68. The van der Waals surface area contributed by atoms with Crippen LogP contribution in [0.3, 0.4) is 0 Å². The van der Waals surface area contributed by atoms with Gasteiger partial charge in [0.2, 0.25) is 0 Å². The van der Waals surface area contributed by atoms with Crippen LogP contribution in [0.4, 0.5) is 0 Å². The van der Waals surface area contributed by atoms with Crippen LogP contribution in [-0.4, -0.2) is 0 Å². The molecule has 1 heteroatoms. The lowest BCUT2D eigenvalue weighted by Gasteiger charge is -2.18. The highest BCUT2D eigenvalue weighted by Gasteiger charge is 2.18. The minimum absolute atomic E-state index is 0.318. The first kappa shape index (κ1) is 16.5. The average Bonchev–Trinajstić information content (AvgIpc) is 2.76. The van der Waals surface area contributed by atoms with Crippen LogP contribution in [0.15, 0.2) is 36.4 Å². The number of thiophene rings is 1. The molecular weight excluding hydrogens is 296 g/mol. The monoisotopic (exact) mass is 324 g/mol. The molecule has 0 radical (unpaired) electrons. The van der Waals surface area contributed by atoms with E-state index in [1.807, 2.05) is 11.3 Å². The van der Waals surface area contributed by atoms with E-state index in [0.29, 0.717) is 10.8 Å². The van der Waals surface area contributed by atoms with Gasteiger partial charge in [-0.15, -0.1) is 11.3 Å². The van der Waals surface area contributed by atoms with Crippen molar-refractivity contribution >= 4 is 31.5 Å². The first-order chi connectivity index (χ1) is 10.6. The topological polar surface area (TPSA) is 0 Å². The SMILES string of the molecule is CC(C)(C)Cc1cccc2c1sc1c(CC(C)(C)C)cccc12. The van der Waals surface area contributed by atoms with Crippen LogP contribution in [-0.2, 0) is 12.8 Å². The molecule has 0 N–H and O–H groups in total. The molecule has 3 aromatic rings. The third kappa shape index (κ3) is 3.61. The largest absolute Gasteiger partial charge is 0.135 e. The van der Waals surface area contributed by atoms with Crippen molar-refractivity contribution in [2.24, 2.45) is 10.8 Å². The molecule has 0 atom stereocenters. The Balaban J connectivity index is 2.22. The fourth-order valence-electron chi connectivity index (χ4n) is 3.36. The summed E-state index contributed by atoms with van der Waals surface area (Å²) in [5.74, 6) is 0. The van der Waals surface area contributed by atoms with E-state index in [2.05, 4.69) is 77.9 Å². The van der Waals surface area contributed by atoms with E-state index in [1.165, 1.54) is 31.3 Å². The molecule has 0 nitrogen and oxygen atoms in total. The van der Waals surface area contributed by atoms with Crippen molar-refractivity contribution in [3.63, 3.8) is 0 Å². The van der Waals surface area contributed by atoms with Gasteiger partial charge in [0.1, 0.15) is 0 Å². The minimum atomic E-state index is 0.318. The fraction of sp³-hybridized carbons (Fsp3) is 0.455. The summed E-state index contributed by atoms with van der Waals surface area (Å²) in [4.78, 5) is 0. The number of rotatable bonds is 2. The van der Waals surface area contributed by atoms with Crippen LogP contribution in [0.2, 0.25) is 0 Å². The number of hydrogen-bond acceptors (Lipinski definition) is 1. The van der Waals surface area contributed by atoms with Crippen molar-refractivity contribution in [2.45, 2.75) is 54.4 Å². The van der Waals surface area contributed by atoms with Crippen molar-refractivity contribution in [2.75, 3.05) is 0 Å². The molecule has 0 bridgehead atoms. The van der Waals surface area contributed by atoms with Crippen LogP contribution in [0.25, 0.3) is 20.2 Å². The van der Waals surface area contributed by atoms with E-state index in [0.717, 1.165) is 12.8 Å². The van der Waals surface area contributed by atoms with E-state index < -0.39 is 0 Å². The van der Waals surface area contributed by atoms with Crippen LogP contribution in [0.5, 0.6) is 0 Å². The lowest BCUT2D eigenvalue weighted by molar-refractivity contribution is 0.412. The Morgan fingerprint density at radius 3 is 1.39 bits per heavy atom. The molecule has 122 valence electrons. The molecule has 2 aromatic carbocycles. The van der Waals surface area contributed by atoms with Crippen LogP contribution in [0, 0.1) is 10.8 Å². The Hall–Kier alpha value is -1.34. The second-order valence-electron chi connectivity index (χ2n) is 9.16. The van der Waals surface area contributed by atoms with Crippen molar-refractivity contribution in [3.05, 3.63) is 47.5 Å². The van der Waals surface area contributed by atoms with Gasteiger partial charge in [-0.2, -0.15) is 0 Å². The molecule has 0 fully saturated rings. The number of benzene rings is 2. The van der Waals surface area contributed by atoms with Gasteiger partial charge in [0.15, 0.2) is 0 Å². The Bertz CT molecular complexity index is 768. The summed E-state index contributed by atoms with van der Waals surface area (Å²) in [7, 11) is 0. The maximum absolute atomic E-state index is 2.32. The molecule has 0 aliphatic heterocycles. The second-order valence-corrected chi connectivity index (χ2v) is 10.2. The maximum atomic E-state index is 2.32. The summed E-state index contributed by atoms with van der Waals surface area (Å²) in [5.41, 5.74) is 3.63. The van der Waals surface area contributed by atoms with Crippen LogP contribution >= 0.6 is 11.3 Å². The van der Waals surface area contributed by atoms with E-state index >= 15 is 0 Å². The molecule has 0 aliphatic rings. The van der Waals surface area contributed by atoms with Crippen molar-refractivity contribution in [3.8, 4) is 0 Å². The first-order valence-electron chi connectivity index (χ1n) is 8.56. The van der Waals surface area contributed by atoms with Crippen LogP contribution < -0.4 is 0 Å². The quantitative estimate of drug-likeness (QED) is 0.466. The van der Waals surface area contributed by atoms with Crippen molar-refractivity contribution in [1.82, 2.24) is 0 Å². The molecule has 0 unspecified atom stereocenters. The van der Waals surface area contributed by atoms with Gasteiger partial charge in [-0.25, -0.2) is 0 Å². The summed E-state index contributed by atoms with van der Waals surface area (Å²) >= 11 is 2.00. The molecule has 0 spiro atoms. The van der Waals surface area contributed by atoms with Crippen molar-refractivity contribution in [1.29, 1.82) is 0 Å². The van der Waals surface area contributed by atoms with Gasteiger partial charge in [-0.1, -0.05) is 77.9 Å². The Kier molecular flexibility index (Phi) is 4.04. The van der Waals surface area contributed by atoms with Gasteiger partial charge in [0, 0.05) is 20.2 Å². The summed E-state index contributed by atoms with van der Waals surface area (Å²) in [5, 5.41) is 2.87. The van der Waals surface area contributed by atoms with E-state index in [9.17, 15) is 0 Å². The lowest BCUT2D eigenvalue weighted by Crippen LogP contribution is -2.09. The molecule has 0 aliphatic carbocycles. The van der Waals surface area contributed by atoms with Gasteiger partial charge < -0.3 is 0 Å². The lowest BCUT2D eigenvalue weighted by atomic mass is 9.87. The standard InChI is InChI=1S/C22H28S/c1-21(2,3)13-15-9-7-11-17-18-12-8-10-16(14-22(4,5)6)20(18)23-19(15)17/h7-12H,13-14H2,1-6H3. The predicted molar refractivity (Wildman–Crippen MR) is 106 cm³/mol. The summed E-state index contributed by atoms with van der Waals surface area (Å²) in [6.45, 7) is 13.9. The maximum Gasteiger partial charge on any atom is 0.0387 e. The van der Waals surface area contributed by atoms with Gasteiger partial charge in [0.05, 0.1) is 0 Å². The van der Waals surface area contributed by atoms with Gasteiger partial charge >= 0.3 is 0 Å². The smallest absolute Gasteiger partial charge is 0.0387 e. The summed E-state index contributed by atoms with van der Waals surface area (Å²) in [6, 6.07) is 13.7. The van der Waals surface area contributed by atoms with Gasteiger partial charge in [-0.3, -0.25) is 0 Å². The average molecular weight is 325 g/mol. The minimum Gasteiger partial charge on any atom is -0.135 e. The summed E-state index contributed by atoms with van der Waals surface area (Å²) < 4.78 is 2.97. The highest BCUT2D eigenvalue weighted by atomic mass is 32.1. The van der Waals surface area contributed by atoms with Crippen molar-refractivity contribution < 1.29 is 0 Å². The molecule has 1 heterocycles. The molecule has 3 rings (SSSR count). The Labute approximate surface area is 144 Å². The predicted octanol–water partition coefficient (Wildman–Crippen LogP) is 7.23. The van der Waals surface area contributed by atoms with Crippen LogP contribution in [0.1, 0.15) is 52.7 Å². The van der Waals surface area contributed by atoms with E-state index in [-0.39, 0.29) is 0 Å². The zero-order chi connectivity index (χ0) is 16.8. The third-order valence-corrected chi connectivity index (χ3v) is 5.50. The number of hydrogen-bond donors (Lipinski definition) is 0. The second kappa shape index (κ2) is 5.63. The first-order valence-corrected chi connectivity index (χ1v) is 9.38.